The highest BCUT2D eigenvalue weighted by Crippen LogP contribution is 2.23. The Morgan fingerprint density at radius 1 is 1.12 bits per heavy atom. The minimum atomic E-state index is -4.25. The average Bonchev–Trinajstić information content (AvgIpc) is 2.30. The van der Waals surface area contributed by atoms with Gasteiger partial charge < -0.3 is 5.32 Å². The van der Waals surface area contributed by atoms with Crippen molar-refractivity contribution < 1.29 is 13.0 Å². The number of rotatable bonds is 3. The van der Waals surface area contributed by atoms with Gasteiger partial charge in [0.25, 0.3) is 10.1 Å². The van der Waals surface area contributed by atoms with E-state index >= 15 is 0 Å². The number of benzene rings is 2. The topological polar surface area (TPSA) is 66.4 Å². The lowest BCUT2D eigenvalue weighted by atomic mass is 10.3. The Morgan fingerprint density at radius 2 is 1.82 bits per heavy atom. The third kappa shape index (κ3) is 2.83. The highest BCUT2D eigenvalue weighted by atomic mass is 32.2. The smallest absolute Gasteiger partial charge is 0.296 e. The van der Waals surface area contributed by atoms with Crippen molar-refractivity contribution in [3.63, 3.8) is 0 Å². The van der Waals surface area contributed by atoms with E-state index in [2.05, 4.69) is 11.4 Å². The molecule has 0 amide bonds. The maximum absolute atomic E-state index is 11.1. The molecule has 5 heteroatoms. The lowest BCUT2D eigenvalue weighted by molar-refractivity contribution is 0.483. The largest absolute Gasteiger partial charge is 0.354 e. The predicted octanol–water partition coefficient (Wildman–Crippen LogP) is 2.48. The lowest BCUT2D eigenvalue weighted by Crippen LogP contribution is -2.03. The molecular weight excluding hydrogens is 238 g/mol. The minimum absolute atomic E-state index is 0.191. The van der Waals surface area contributed by atoms with E-state index in [-0.39, 0.29) is 4.90 Å². The van der Waals surface area contributed by atoms with Crippen LogP contribution in [0.15, 0.2) is 53.4 Å². The molecule has 0 aromatic heterocycles. The molecule has 0 heterocycles. The van der Waals surface area contributed by atoms with Gasteiger partial charge in [0.2, 0.25) is 0 Å². The van der Waals surface area contributed by atoms with Crippen molar-refractivity contribution in [2.45, 2.75) is 4.90 Å². The SMILES string of the molecule is O=S(=O)(O)c1c[c]ccc1Nc1ccccc1. The summed E-state index contributed by atoms with van der Waals surface area (Å²) in [4.78, 5) is -0.191. The fourth-order valence-electron chi connectivity index (χ4n) is 1.41. The van der Waals surface area contributed by atoms with Crippen molar-refractivity contribution >= 4 is 21.5 Å². The molecule has 87 valence electrons. The Labute approximate surface area is 99.7 Å². The highest BCUT2D eigenvalue weighted by molar-refractivity contribution is 7.86. The Bertz CT molecular complexity index is 609. The summed E-state index contributed by atoms with van der Waals surface area (Å²) >= 11 is 0. The Hall–Kier alpha value is -1.85. The predicted molar refractivity (Wildman–Crippen MR) is 64.8 cm³/mol. The summed E-state index contributed by atoms with van der Waals surface area (Å²) < 4.78 is 31.3. The molecule has 0 fully saturated rings. The second-order valence-corrected chi connectivity index (χ2v) is 4.78. The molecule has 0 saturated carbocycles. The van der Waals surface area contributed by atoms with E-state index in [9.17, 15) is 8.42 Å². The quantitative estimate of drug-likeness (QED) is 0.819. The maximum atomic E-state index is 11.1. The van der Waals surface area contributed by atoms with Gasteiger partial charge in [0.05, 0.1) is 5.69 Å². The molecule has 2 aromatic rings. The number of para-hydroxylation sites is 1. The van der Waals surface area contributed by atoms with Gasteiger partial charge in [-0.3, -0.25) is 4.55 Å². The molecule has 0 spiro atoms. The van der Waals surface area contributed by atoms with Gasteiger partial charge in [-0.1, -0.05) is 24.3 Å². The van der Waals surface area contributed by atoms with Crippen LogP contribution in [0.1, 0.15) is 0 Å². The fourth-order valence-corrected chi connectivity index (χ4v) is 2.02. The van der Waals surface area contributed by atoms with Gasteiger partial charge in [0.15, 0.2) is 0 Å². The highest BCUT2D eigenvalue weighted by Gasteiger charge is 2.14. The van der Waals surface area contributed by atoms with E-state index in [1.165, 1.54) is 12.1 Å². The fraction of sp³-hybridized carbons (Fsp3) is 0. The first-order valence-corrected chi connectivity index (χ1v) is 6.31. The summed E-state index contributed by atoms with van der Waals surface area (Å²) in [6.07, 6.45) is 0. The van der Waals surface area contributed by atoms with Gasteiger partial charge in [-0.2, -0.15) is 8.42 Å². The molecule has 1 radical (unpaired) electrons. The number of nitrogens with one attached hydrogen (secondary N) is 1. The molecular formula is C12H10NO3S. The van der Waals surface area contributed by atoms with E-state index < -0.39 is 10.1 Å². The Kier molecular flexibility index (Phi) is 3.12. The van der Waals surface area contributed by atoms with Crippen LogP contribution in [0.25, 0.3) is 0 Å². The normalized spacial score (nSPS) is 11.1. The van der Waals surface area contributed by atoms with Gasteiger partial charge in [-0.05, 0) is 30.3 Å². The maximum Gasteiger partial charge on any atom is 0.296 e. The van der Waals surface area contributed by atoms with Crippen molar-refractivity contribution in [3.8, 4) is 0 Å². The van der Waals surface area contributed by atoms with Crippen LogP contribution < -0.4 is 5.32 Å². The van der Waals surface area contributed by atoms with Crippen molar-refractivity contribution in [1.29, 1.82) is 0 Å². The van der Waals surface area contributed by atoms with Crippen LogP contribution in [0.4, 0.5) is 11.4 Å². The number of anilines is 2. The summed E-state index contributed by atoms with van der Waals surface area (Å²) in [6, 6.07) is 16.0. The van der Waals surface area contributed by atoms with Crippen molar-refractivity contribution in [2.75, 3.05) is 5.32 Å². The molecule has 2 aromatic carbocycles. The van der Waals surface area contributed by atoms with E-state index in [0.29, 0.717) is 5.69 Å². The van der Waals surface area contributed by atoms with Crippen LogP contribution in [0.5, 0.6) is 0 Å². The zero-order valence-electron chi connectivity index (χ0n) is 8.79. The first-order valence-electron chi connectivity index (χ1n) is 4.87. The Morgan fingerprint density at radius 3 is 2.47 bits per heavy atom. The zero-order valence-corrected chi connectivity index (χ0v) is 9.61. The van der Waals surface area contributed by atoms with E-state index in [1.807, 2.05) is 18.2 Å². The van der Waals surface area contributed by atoms with Crippen LogP contribution in [0, 0.1) is 6.07 Å². The molecule has 0 atom stereocenters. The molecule has 2 rings (SSSR count). The van der Waals surface area contributed by atoms with Gasteiger partial charge in [0, 0.05) is 5.69 Å². The van der Waals surface area contributed by atoms with Crippen molar-refractivity contribution in [3.05, 3.63) is 54.6 Å². The first kappa shape index (κ1) is 11.6. The second-order valence-electron chi connectivity index (χ2n) is 3.39. The minimum Gasteiger partial charge on any atom is -0.354 e. The van der Waals surface area contributed by atoms with Crippen LogP contribution in [-0.4, -0.2) is 13.0 Å². The van der Waals surface area contributed by atoms with Crippen LogP contribution in [-0.2, 0) is 10.1 Å². The van der Waals surface area contributed by atoms with Crippen LogP contribution in [0.2, 0.25) is 0 Å². The van der Waals surface area contributed by atoms with E-state index in [0.717, 1.165) is 5.69 Å². The molecule has 17 heavy (non-hydrogen) atoms. The van der Waals surface area contributed by atoms with Crippen LogP contribution >= 0.6 is 0 Å². The summed E-state index contributed by atoms with van der Waals surface area (Å²) in [5.41, 5.74) is 1.06. The summed E-state index contributed by atoms with van der Waals surface area (Å²) in [5, 5.41) is 2.92. The summed E-state index contributed by atoms with van der Waals surface area (Å²) in [5.74, 6) is 0. The number of hydrogen-bond donors (Lipinski definition) is 2. The summed E-state index contributed by atoms with van der Waals surface area (Å²) in [7, 11) is -4.25. The van der Waals surface area contributed by atoms with Gasteiger partial charge in [-0.15, -0.1) is 0 Å². The molecule has 0 aliphatic heterocycles. The first-order chi connectivity index (χ1) is 8.07. The third-order valence-electron chi connectivity index (χ3n) is 2.16. The van der Waals surface area contributed by atoms with Crippen molar-refractivity contribution in [2.24, 2.45) is 0 Å². The number of hydrogen-bond acceptors (Lipinski definition) is 3. The molecule has 0 bridgehead atoms. The second kappa shape index (κ2) is 4.57. The van der Waals surface area contributed by atoms with Crippen LogP contribution in [0.3, 0.4) is 0 Å². The lowest BCUT2D eigenvalue weighted by Gasteiger charge is -2.09. The third-order valence-corrected chi connectivity index (χ3v) is 3.05. The van der Waals surface area contributed by atoms with Gasteiger partial charge in [-0.25, -0.2) is 0 Å². The summed E-state index contributed by atoms with van der Waals surface area (Å²) in [6.45, 7) is 0. The van der Waals surface area contributed by atoms with E-state index in [4.69, 9.17) is 4.55 Å². The average molecular weight is 248 g/mol. The monoisotopic (exact) mass is 248 g/mol. The standard InChI is InChI=1S/C12H10NO3S/c14-17(15,16)12-9-5-4-8-11(12)13-10-6-2-1-3-7-10/h1-4,6-9,13H,(H,14,15,16). The zero-order chi connectivity index (χ0) is 12.3. The van der Waals surface area contributed by atoms with E-state index in [1.54, 1.807) is 18.2 Å². The molecule has 0 aliphatic carbocycles. The molecule has 0 unspecified atom stereocenters. The molecule has 0 saturated heterocycles. The molecule has 0 aliphatic rings. The van der Waals surface area contributed by atoms with Crippen molar-refractivity contribution in [1.82, 2.24) is 0 Å². The van der Waals surface area contributed by atoms with Gasteiger partial charge >= 0.3 is 0 Å². The Balaban J connectivity index is 2.41. The molecule has 2 N–H and O–H groups in total. The molecule has 4 nitrogen and oxygen atoms in total. The van der Waals surface area contributed by atoms with Gasteiger partial charge in [0.1, 0.15) is 4.90 Å².